The molecule has 2 heteroatoms. The van der Waals surface area contributed by atoms with Crippen LogP contribution in [0.4, 0.5) is 5.69 Å². The highest BCUT2D eigenvalue weighted by atomic mass is 14.9. The molecule has 0 saturated heterocycles. The van der Waals surface area contributed by atoms with Crippen LogP contribution in [0, 0.1) is 0 Å². The fourth-order valence-electron chi connectivity index (χ4n) is 4.63. The molecule has 1 N–H and O–H groups in total. The highest BCUT2D eigenvalue weighted by Gasteiger charge is 2.40. The Morgan fingerprint density at radius 3 is 2.62 bits per heavy atom. The van der Waals surface area contributed by atoms with E-state index in [0.717, 1.165) is 24.4 Å². The van der Waals surface area contributed by atoms with Crippen LogP contribution in [0.1, 0.15) is 47.9 Å². The number of nitrogens with zero attached hydrogens (tertiary/aromatic N) is 1. The number of anilines is 1. The zero-order valence-electron chi connectivity index (χ0n) is 13.8. The van der Waals surface area contributed by atoms with Gasteiger partial charge < -0.3 is 5.32 Å². The maximum atomic E-state index is 5.03. The van der Waals surface area contributed by atoms with Gasteiger partial charge in [0.15, 0.2) is 0 Å². The molecule has 1 saturated carbocycles. The smallest absolute Gasteiger partial charge is 0.0726 e. The van der Waals surface area contributed by atoms with Crippen molar-refractivity contribution >= 4 is 16.6 Å². The van der Waals surface area contributed by atoms with Gasteiger partial charge in [-0.15, -0.1) is 0 Å². The molecule has 2 bridgehead atoms. The first kappa shape index (κ1) is 14.0. The van der Waals surface area contributed by atoms with E-state index in [1.165, 1.54) is 47.2 Å². The van der Waals surface area contributed by atoms with Crippen molar-refractivity contribution in [3.05, 3.63) is 71.4 Å². The van der Waals surface area contributed by atoms with Gasteiger partial charge in [0.1, 0.15) is 0 Å². The lowest BCUT2D eigenvalue weighted by Gasteiger charge is -2.21. The molecule has 2 aliphatic carbocycles. The van der Waals surface area contributed by atoms with Gasteiger partial charge in [0, 0.05) is 34.8 Å². The molecule has 1 heterocycles. The molecule has 0 spiro atoms. The monoisotopic (exact) mass is 314 g/mol. The standard InChI is InChI=1S/C22H22N2/c1-2-6-15(7-3-1)12-13-23-22-18-8-4-5-9-19(18)24-21-17-11-10-16(14-17)20(21)22/h1-9,16-17H,10-14H2,(H,23,24). The summed E-state index contributed by atoms with van der Waals surface area (Å²) in [5.41, 5.74) is 6.80. The number of nitrogens with one attached hydrogen (secondary N) is 1. The summed E-state index contributed by atoms with van der Waals surface area (Å²) in [4.78, 5) is 5.03. The molecular weight excluding hydrogens is 292 g/mol. The summed E-state index contributed by atoms with van der Waals surface area (Å²) in [6, 6.07) is 19.3. The molecule has 0 radical (unpaired) electrons. The summed E-state index contributed by atoms with van der Waals surface area (Å²) in [6.07, 6.45) is 5.03. The topological polar surface area (TPSA) is 24.9 Å². The molecule has 2 nitrogen and oxygen atoms in total. The summed E-state index contributed by atoms with van der Waals surface area (Å²) in [6.45, 7) is 0.974. The van der Waals surface area contributed by atoms with Gasteiger partial charge in [-0.1, -0.05) is 48.5 Å². The summed E-state index contributed by atoms with van der Waals surface area (Å²) < 4.78 is 0. The normalized spacial score (nSPS) is 21.2. The minimum atomic E-state index is 0.698. The zero-order valence-corrected chi connectivity index (χ0v) is 13.8. The van der Waals surface area contributed by atoms with Crippen LogP contribution in [-0.4, -0.2) is 11.5 Å². The number of para-hydroxylation sites is 1. The van der Waals surface area contributed by atoms with Crippen molar-refractivity contribution in [2.45, 2.75) is 37.5 Å². The number of rotatable bonds is 4. The van der Waals surface area contributed by atoms with E-state index >= 15 is 0 Å². The van der Waals surface area contributed by atoms with Crippen LogP contribution in [0.25, 0.3) is 10.9 Å². The van der Waals surface area contributed by atoms with Crippen molar-refractivity contribution in [3.8, 4) is 0 Å². The minimum Gasteiger partial charge on any atom is -0.384 e. The van der Waals surface area contributed by atoms with Gasteiger partial charge in [-0.25, -0.2) is 0 Å². The lowest BCUT2D eigenvalue weighted by Crippen LogP contribution is -2.11. The van der Waals surface area contributed by atoms with Crippen molar-refractivity contribution in [3.63, 3.8) is 0 Å². The van der Waals surface area contributed by atoms with Crippen molar-refractivity contribution in [2.75, 3.05) is 11.9 Å². The molecule has 3 aromatic rings. The van der Waals surface area contributed by atoms with Crippen molar-refractivity contribution < 1.29 is 0 Å². The Kier molecular flexibility index (Phi) is 3.29. The van der Waals surface area contributed by atoms with E-state index in [0.29, 0.717) is 5.92 Å². The predicted octanol–water partition coefficient (Wildman–Crippen LogP) is 5.25. The second-order valence-electron chi connectivity index (χ2n) is 7.17. The maximum Gasteiger partial charge on any atom is 0.0726 e. The number of pyridine rings is 1. The van der Waals surface area contributed by atoms with Crippen LogP contribution < -0.4 is 5.32 Å². The summed E-state index contributed by atoms with van der Waals surface area (Å²) >= 11 is 0. The highest BCUT2D eigenvalue weighted by Crippen LogP contribution is 2.55. The van der Waals surface area contributed by atoms with E-state index < -0.39 is 0 Å². The summed E-state index contributed by atoms with van der Waals surface area (Å²) in [7, 11) is 0. The van der Waals surface area contributed by atoms with E-state index in [4.69, 9.17) is 4.98 Å². The Bertz CT molecular complexity index is 885. The summed E-state index contributed by atoms with van der Waals surface area (Å²) in [5, 5.41) is 5.07. The zero-order chi connectivity index (χ0) is 15.9. The van der Waals surface area contributed by atoms with Crippen molar-refractivity contribution in [2.24, 2.45) is 0 Å². The Morgan fingerprint density at radius 2 is 1.71 bits per heavy atom. The molecule has 24 heavy (non-hydrogen) atoms. The first-order valence-corrected chi connectivity index (χ1v) is 9.10. The van der Waals surface area contributed by atoms with Gasteiger partial charge in [0.05, 0.1) is 5.52 Å². The number of aromatic nitrogens is 1. The molecule has 0 amide bonds. The minimum absolute atomic E-state index is 0.698. The number of benzene rings is 2. The van der Waals surface area contributed by atoms with Gasteiger partial charge in [0.25, 0.3) is 0 Å². The Hall–Kier alpha value is -2.35. The first-order valence-electron chi connectivity index (χ1n) is 9.10. The van der Waals surface area contributed by atoms with Crippen LogP contribution in [-0.2, 0) is 6.42 Å². The third-order valence-corrected chi connectivity index (χ3v) is 5.75. The summed E-state index contributed by atoms with van der Waals surface area (Å²) in [5.74, 6) is 1.42. The van der Waals surface area contributed by atoms with E-state index in [9.17, 15) is 0 Å². The first-order chi connectivity index (χ1) is 11.9. The van der Waals surface area contributed by atoms with Crippen LogP contribution >= 0.6 is 0 Å². The van der Waals surface area contributed by atoms with Crippen LogP contribution in [0.2, 0.25) is 0 Å². The molecule has 5 rings (SSSR count). The molecule has 2 aromatic carbocycles. The molecule has 1 aromatic heterocycles. The number of fused-ring (bicyclic) bond motifs is 6. The Labute approximate surface area is 142 Å². The number of hydrogen-bond acceptors (Lipinski definition) is 2. The molecular formula is C22H22N2. The fraction of sp³-hybridized carbons (Fsp3) is 0.318. The Morgan fingerprint density at radius 1 is 0.917 bits per heavy atom. The third-order valence-electron chi connectivity index (χ3n) is 5.75. The van der Waals surface area contributed by atoms with Gasteiger partial charge in [-0.05, 0) is 43.2 Å². The molecule has 120 valence electrons. The Balaban J connectivity index is 1.51. The lowest BCUT2D eigenvalue weighted by atomic mass is 9.92. The van der Waals surface area contributed by atoms with Gasteiger partial charge in [-0.3, -0.25) is 4.98 Å². The quantitative estimate of drug-likeness (QED) is 0.711. The molecule has 2 atom stereocenters. The molecule has 1 fully saturated rings. The lowest BCUT2D eigenvalue weighted by molar-refractivity contribution is 0.701. The van der Waals surface area contributed by atoms with Crippen LogP contribution in [0.5, 0.6) is 0 Å². The third kappa shape index (κ3) is 2.21. The van der Waals surface area contributed by atoms with Crippen LogP contribution in [0.3, 0.4) is 0 Å². The van der Waals surface area contributed by atoms with Crippen molar-refractivity contribution in [1.82, 2.24) is 4.98 Å². The number of hydrogen-bond donors (Lipinski definition) is 1. The molecule has 0 aliphatic heterocycles. The largest absolute Gasteiger partial charge is 0.384 e. The average Bonchev–Trinajstić information content (AvgIpc) is 3.24. The second kappa shape index (κ2) is 5.62. The van der Waals surface area contributed by atoms with E-state index in [1.54, 1.807) is 0 Å². The average molecular weight is 314 g/mol. The van der Waals surface area contributed by atoms with Crippen LogP contribution in [0.15, 0.2) is 54.6 Å². The highest BCUT2D eigenvalue weighted by molar-refractivity contribution is 5.94. The van der Waals surface area contributed by atoms with Gasteiger partial charge in [0.2, 0.25) is 0 Å². The van der Waals surface area contributed by atoms with E-state index in [1.807, 2.05) is 0 Å². The van der Waals surface area contributed by atoms with Gasteiger partial charge in [-0.2, -0.15) is 0 Å². The van der Waals surface area contributed by atoms with Gasteiger partial charge >= 0.3 is 0 Å². The van der Waals surface area contributed by atoms with Crippen molar-refractivity contribution in [1.29, 1.82) is 0 Å². The molecule has 2 unspecified atom stereocenters. The fourth-order valence-corrected chi connectivity index (χ4v) is 4.63. The van der Waals surface area contributed by atoms with E-state index in [-0.39, 0.29) is 0 Å². The maximum absolute atomic E-state index is 5.03. The van der Waals surface area contributed by atoms with E-state index in [2.05, 4.69) is 59.9 Å². The second-order valence-corrected chi connectivity index (χ2v) is 7.17. The molecule has 2 aliphatic rings. The SMILES string of the molecule is c1ccc(CCNc2c3c(nc4ccccc24)C2CCC3C2)cc1. The predicted molar refractivity (Wildman–Crippen MR) is 99.7 cm³/mol.